The Morgan fingerprint density at radius 3 is 2.85 bits per heavy atom. The third-order valence-corrected chi connectivity index (χ3v) is 4.33. The highest BCUT2D eigenvalue weighted by atomic mass is 19.1. The summed E-state index contributed by atoms with van der Waals surface area (Å²) in [5, 5.41) is 9.86. The molecule has 2 atom stereocenters. The van der Waals surface area contributed by atoms with E-state index < -0.39 is 6.10 Å². The van der Waals surface area contributed by atoms with Crippen molar-refractivity contribution >= 4 is 5.69 Å². The van der Waals surface area contributed by atoms with Gasteiger partial charge in [-0.1, -0.05) is 25.8 Å². The van der Waals surface area contributed by atoms with Crippen LogP contribution in [0.1, 0.15) is 57.6 Å². The lowest BCUT2D eigenvalue weighted by Crippen LogP contribution is -2.26. The first-order chi connectivity index (χ1) is 9.63. The van der Waals surface area contributed by atoms with E-state index in [1.807, 2.05) is 6.07 Å². The monoisotopic (exact) mass is 279 g/mol. The molecule has 0 spiro atoms. The topological polar surface area (TPSA) is 23.5 Å². The van der Waals surface area contributed by atoms with Crippen LogP contribution in [0, 0.1) is 11.7 Å². The second-order valence-corrected chi connectivity index (χ2v) is 5.92. The third kappa shape index (κ3) is 3.51. The van der Waals surface area contributed by atoms with Crippen molar-refractivity contribution in [3.05, 3.63) is 29.6 Å². The number of hydrogen-bond donors (Lipinski definition) is 1. The second-order valence-electron chi connectivity index (χ2n) is 5.92. The summed E-state index contributed by atoms with van der Waals surface area (Å²) in [6, 6.07) is 5.11. The van der Waals surface area contributed by atoms with Crippen LogP contribution < -0.4 is 4.90 Å². The molecule has 20 heavy (non-hydrogen) atoms. The SMILES string of the molecule is CCCC1CCCN(c2cccc(F)c2[C@@H](C)O)CC1. The molecular formula is C17H26FNO. The lowest BCUT2D eigenvalue weighted by molar-refractivity contribution is 0.194. The van der Waals surface area contributed by atoms with Crippen molar-refractivity contribution in [2.75, 3.05) is 18.0 Å². The highest BCUT2D eigenvalue weighted by molar-refractivity contribution is 5.55. The fourth-order valence-electron chi connectivity index (χ4n) is 3.32. The van der Waals surface area contributed by atoms with Crippen LogP contribution in [0.25, 0.3) is 0 Å². The zero-order valence-corrected chi connectivity index (χ0v) is 12.6. The van der Waals surface area contributed by atoms with Crippen molar-refractivity contribution < 1.29 is 9.50 Å². The van der Waals surface area contributed by atoms with Gasteiger partial charge in [0.1, 0.15) is 5.82 Å². The Kier molecular flexibility index (Phi) is 5.41. The molecule has 1 heterocycles. The fourth-order valence-corrected chi connectivity index (χ4v) is 3.32. The zero-order chi connectivity index (χ0) is 14.5. The molecule has 1 saturated heterocycles. The van der Waals surface area contributed by atoms with Crippen LogP contribution >= 0.6 is 0 Å². The summed E-state index contributed by atoms with van der Waals surface area (Å²) in [4.78, 5) is 2.25. The molecule has 1 aromatic carbocycles. The summed E-state index contributed by atoms with van der Waals surface area (Å²) in [6.45, 7) is 5.80. The van der Waals surface area contributed by atoms with Crippen molar-refractivity contribution in [1.82, 2.24) is 0 Å². The lowest BCUT2D eigenvalue weighted by Gasteiger charge is -2.27. The van der Waals surface area contributed by atoms with Crippen molar-refractivity contribution in [2.24, 2.45) is 5.92 Å². The van der Waals surface area contributed by atoms with Gasteiger partial charge in [0, 0.05) is 24.3 Å². The van der Waals surface area contributed by atoms with Gasteiger partial charge >= 0.3 is 0 Å². The molecule has 0 aromatic heterocycles. The van der Waals surface area contributed by atoms with E-state index in [2.05, 4.69) is 11.8 Å². The number of aliphatic hydroxyl groups is 1. The predicted molar refractivity (Wildman–Crippen MR) is 81.5 cm³/mol. The number of rotatable bonds is 4. The van der Waals surface area contributed by atoms with Crippen LogP contribution in [0.3, 0.4) is 0 Å². The highest BCUT2D eigenvalue weighted by Gasteiger charge is 2.21. The minimum atomic E-state index is -0.763. The Hall–Kier alpha value is -1.09. The summed E-state index contributed by atoms with van der Waals surface area (Å²) < 4.78 is 14.0. The van der Waals surface area contributed by atoms with Crippen LogP contribution in [-0.2, 0) is 0 Å². The quantitative estimate of drug-likeness (QED) is 0.889. The average molecular weight is 279 g/mol. The fraction of sp³-hybridized carbons (Fsp3) is 0.647. The van der Waals surface area contributed by atoms with E-state index in [0.29, 0.717) is 5.56 Å². The van der Waals surface area contributed by atoms with E-state index in [1.165, 1.54) is 31.7 Å². The van der Waals surface area contributed by atoms with Crippen molar-refractivity contribution in [3.63, 3.8) is 0 Å². The Morgan fingerprint density at radius 2 is 2.15 bits per heavy atom. The first kappa shape index (κ1) is 15.3. The van der Waals surface area contributed by atoms with Crippen LogP contribution in [-0.4, -0.2) is 18.2 Å². The van der Waals surface area contributed by atoms with Gasteiger partial charge in [0.15, 0.2) is 0 Å². The molecule has 0 aliphatic carbocycles. The number of benzene rings is 1. The smallest absolute Gasteiger partial charge is 0.131 e. The standard InChI is InChI=1S/C17H26FNO/c1-3-6-14-7-5-11-19(12-10-14)16-9-4-8-15(18)17(16)13(2)20/h4,8-9,13-14,20H,3,5-7,10-12H2,1-2H3/t13-,14?/m1/s1. The molecule has 1 N–H and O–H groups in total. The zero-order valence-electron chi connectivity index (χ0n) is 12.6. The van der Waals surface area contributed by atoms with Crippen molar-refractivity contribution in [2.45, 2.75) is 52.1 Å². The highest BCUT2D eigenvalue weighted by Crippen LogP contribution is 2.32. The Labute approximate surface area is 121 Å². The minimum absolute atomic E-state index is 0.299. The summed E-state index contributed by atoms with van der Waals surface area (Å²) >= 11 is 0. The van der Waals surface area contributed by atoms with Crippen molar-refractivity contribution in [1.29, 1.82) is 0 Å². The first-order valence-corrected chi connectivity index (χ1v) is 7.85. The van der Waals surface area contributed by atoms with E-state index in [1.54, 1.807) is 13.0 Å². The molecule has 0 radical (unpaired) electrons. The van der Waals surface area contributed by atoms with Crippen molar-refractivity contribution in [3.8, 4) is 0 Å². The third-order valence-electron chi connectivity index (χ3n) is 4.33. The van der Waals surface area contributed by atoms with Crippen LogP contribution in [0.2, 0.25) is 0 Å². The predicted octanol–water partition coefficient (Wildman–Crippen LogP) is 4.29. The second kappa shape index (κ2) is 7.07. The van der Waals surface area contributed by atoms with E-state index in [-0.39, 0.29) is 5.82 Å². The molecule has 1 aliphatic heterocycles. The number of halogens is 1. The maximum absolute atomic E-state index is 14.0. The molecule has 3 heteroatoms. The van der Waals surface area contributed by atoms with Crippen LogP contribution in [0.5, 0.6) is 0 Å². The largest absolute Gasteiger partial charge is 0.389 e. The van der Waals surface area contributed by atoms with Gasteiger partial charge in [-0.15, -0.1) is 0 Å². The summed E-state index contributed by atoms with van der Waals surface area (Å²) in [6.07, 6.45) is 5.36. The summed E-state index contributed by atoms with van der Waals surface area (Å²) in [7, 11) is 0. The minimum Gasteiger partial charge on any atom is -0.389 e. The number of aliphatic hydroxyl groups excluding tert-OH is 1. The molecule has 1 fully saturated rings. The normalized spacial score (nSPS) is 21.6. The van der Waals surface area contributed by atoms with Crippen LogP contribution in [0.15, 0.2) is 18.2 Å². The summed E-state index contributed by atoms with van der Waals surface area (Å²) in [5.74, 6) is 0.500. The van der Waals surface area contributed by atoms with Gasteiger partial charge in [0.05, 0.1) is 6.10 Å². The Balaban J connectivity index is 2.17. The van der Waals surface area contributed by atoms with Gasteiger partial charge in [-0.05, 0) is 44.2 Å². The van der Waals surface area contributed by atoms with E-state index in [9.17, 15) is 9.50 Å². The molecule has 0 bridgehead atoms. The van der Waals surface area contributed by atoms with Gasteiger partial charge in [0.2, 0.25) is 0 Å². The van der Waals surface area contributed by atoms with Gasteiger partial charge in [-0.2, -0.15) is 0 Å². The Morgan fingerprint density at radius 1 is 1.35 bits per heavy atom. The molecule has 0 amide bonds. The van der Waals surface area contributed by atoms with E-state index >= 15 is 0 Å². The van der Waals surface area contributed by atoms with Gasteiger partial charge < -0.3 is 10.0 Å². The molecule has 2 nitrogen and oxygen atoms in total. The molecule has 112 valence electrons. The van der Waals surface area contributed by atoms with Gasteiger partial charge in [0.25, 0.3) is 0 Å². The van der Waals surface area contributed by atoms with Gasteiger partial charge in [-0.3, -0.25) is 0 Å². The molecule has 2 rings (SSSR count). The van der Waals surface area contributed by atoms with Crippen LogP contribution in [0.4, 0.5) is 10.1 Å². The molecule has 1 aromatic rings. The maximum atomic E-state index is 14.0. The maximum Gasteiger partial charge on any atom is 0.131 e. The number of nitrogens with zero attached hydrogens (tertiary/aromatic N) is 1. The average Bonchev–Trinajstić information content (AvgIpc) is 2.64. The van der Waals surface area contributed by atoms with E-state index in [0.717, 1.165) is 31.1 Å². The van der Waals surface area contributed by atoms with E-state index in [4.69, 9.17) is 0 Å². The molecule has 1 aliphatic rings. The lowest BCUT2D eigenvalue weighted by atomic mass is 9.96. The first-order valence-electron chi connectivity index (χ1n) is 7.85. The Bertz CT molecular complexity index is 433. The summed E-state index contributed by atoms with van der Waals surface area (Å²) in [5.41, 5.74) is 1.32. The molecule has 0 saturated carbocycles. The molecule has 1 unspecified atom stereocenters. The van der Waals surface area contributed by atoms with Gasteiger partial charge in [-0.25, -0.2) is 4.39 Å². The number of hydrogen-bond acceptors (Lipinski definition) is 2. The number of anilines is 1. The molecular weight excluding hydrogens is 253 g/mol.